The molecule has 1 N–H and O–H groups in total. The number of hydrogen-bond donors (Lipinski definition) is 1. The smallest absolute Gasteiger partial charge is 0.290 e. The van der Waals surface area contributed by atoms with Crippen LogP contribution in [0.1, 0.15) is 44.9 Å². The van der Waals surface area contributed by atoms with Crippen LogP contribution in [0.3, 0.4) is 0 Å². The van der Waals surface area contributed by atoms with Crippen LogP contribution in [-0.4, -0.2) is 98.1 Å². The summed E-state index contributed by atoms with van der Waals surface area (Å²) in [6.07, 6.45) is 7.87. The van der Waals surface area contributed by atoms with E-state index in [-0.39, 0.29) is 18.3 Å². The van der Waals surface area contributed by atoms with Gasteiger partial charge in [0, 0.05) is 45.8 Å². The van der Waals surface area contributed by atoms with Gasteiger partial charge in [0.2, 0.25) is 11.8 Å². The lowest BCUT2D eigenvalue weighted by Gasteiger charge is -2.26. The van der Waals surface area contributed by atoms with Crippen LogP contribution in [0, 0.1) is 5.92 Å². The lowest BCUT2D eigenvalue weighted by Crippen LogP contribution is -2.43. The van der Waals surface area contributed by atoms with Crippen LogP contribution in [0.15, 0.2) is 0 Å². The van der Waals surface area contributed by atoms with Crippen molar-refractivity contribution in [1.29, 1.82) is 0 Å². The molecular formula is C20H37N3O5. The van der Waals surface area contributed by atoms with Gasteiger partial charge in [0.1, 0.15) is 0 Å². The number of likely N-dealkylation sites (N-methyl/N-ethyl adjacent to an activating group) is 1. The summed E-state index contributed by atoms with van der Waals surface area (Å²) >= 11 is 0. The molecule has 0 aromatic heterocycles. The molecule has 0 aromatic carbocycles. The van der Waals surface area contributed by atoms with Crippen molar-refractivity contribution >= 4 is 18.3 Å². The molecule has 0 bridgehead atoms. The second-order valence-electron chi connectivity index (χ2n) is 7.58. The number of hydrogen-bond acceptors (Lipinski definition) is 5. The molecule has 2 amide bonds. The molecule has 0 unspecified atom stereocenters. The molecule has 2 aliphatic rings. The fourth-order valence-electron chi connectivity index (χ4n) is 3.83. The van der Waals surface area contributed by atoms with Gasteiger partial charge >= 0.3 is 0 Å². The number of carboxylic acid groups (broad SMARTS) is 1. The van der Waals surface area contributed by atoms with E-state index in [1.54, 1.807) is 7.11 Å². The van der Waals surface area contributed by atoms with Crippen molar-refractivity contribution in [3.05, 3.63) is 0 Å². The summed E-state index contributed by atoms with van der Waals surface area (Å²) in [4.78, 5) is 39.6. The monoisotopic (exact) mass is 399 g/mol. The largest absolute Gasteiger partial charge is 0.483 e. The first-order valence-corrected chi connectivity index (χ1v) is 10.3. The van der Waals surface area contributed by atoms with Crippen LogP contribution < -0.4 is 0 Å². The molecule has 2 rings (SSSR count). The number of methoxy groups -OCH3 is 1. The maximum atomic E-state index is 12.8. The molecule has 0 atom stereocenters. The molecule has 162 valence electrons. The van der Waals surface area contributed by atoms with Crippen molar-refractivity contribution in [3.63, 3.8) is 0 Å². The number of ether oxygens (including phenoxy) is 1. The molecule has 2 fully saturated rings. The molecule has 0 spiro atoms. The van der Waals surface area contributed by atoms with E-state index in [1.807, 2.05) is 21.7 Å². The van der Waals surface area contributed by atoms with Gasteiger partial charge in [-0.3, -0.25) is 19.3 Å². The van der Waals surface area contributed by atoms with Gasteiger partial charge in [-0.25, -0.2) is 0 Å². The van der Waals surface area contributed by atoms with Gasteiger partial charge in [-0.1, -0.05) is 25.7 Å². The van der Waals surface area contributed by atoms with Crippen molar-refractivity contribution in [2.45, 2.75) is 44.9 Å². The molecule has 1 aliphatic heterocycles. The first-order valence-electron chi connectivity index (χ1n) is 10.3. The zero-order chi connectivity index (χ0) is 20.8. The molecule has 1 heterocycles. The molecule has 1 aliphatic carbocycles. The molecule has 0 radical (unpaired) electrons. The first-order chi connectivity index (χ1) is 13.5. The molecule has 0 aromatic rings. The topological polar surface area (TPSA) is 90.4 Å². The average molecular weight is 400 g/mol. The van der Waals surface area contributed by atoms with Gasteiger partial charge in [-0.05, 0) is 26.3 Å². The van der Waals surface area contributed by atoms with Crippen LogP contribution in [-0.2, 0) is 19.1 Å². The molecule has 28 heavy (non-hydrogen) atoms. The Labute approximate surface area is 168 Å². The summed E-state index contributed by atoms with van der Waals surface area (Å²) in [6, 6.07) is 0. The number of carbonyl (C=O) groups is 3. The molecular weight excluding hydrogens is 362 g/mol. The maximum absolute atomic E-state index is 12.8. The molecule has 1 saturated heterocycles. The molecule has 8 nitrogen and oxygen atoms in total. The third-order valence-electron chi connectivity index (χ3n) is 5.45. The Bertz CT molecular complexity index is 467. The van der Waals surface area contributed by atoms with Crippen molar-refractivity contribution in [2.24, 2.45) is 5.92 Å². The zero-order valence-corrected chi connectivity index (χ0v) is 17.5. The predicted octanol–water partition coefficient (Wildman–Crippen LogP) is 1.30. The van der Waals surface area contributed by atoms with E-state index >= 15 is 0 Å². The van der Waals surface area contributed by atoms with Gasteiger partial charge in [-0.2, -0.15) is 0 Å². The second-order valence-corrected chi connectivity index (χ2v) is 7.58. The highest BCUT2D eigenvalue weighted by Gasteiger charge is 2.27. The summed E-state index contributed by atoms with van der Waals surface area (Å²) in [5, 5.41) is 6.89. The van der Waals surface area contributed by atoms with Crippen LogP contribution in [0.25, 0.3) is 0 Å². The Kier molecular flexibility index (Phi) is 12.5. The third-order valence-corrected chi connectivity index (χ3v) is 5.45. The lowest BCUT2D eigenvalue weighted by molar-refractivity contribution is -0.137. The Morgan fingerprint density at radius 3 is 2.21 bits per heavy atom. The van der Waals surface area contributed by atoms with E-state index < -0.39 is 0 Å². The van der Waals surface area contributed by atoms with Crippen molar-refractivity contribution in [3.8, 4) is 0 Å². The predicted molar refractivity (Wildman–Crippen MR) is 107 cm³/mol. The minimum Gasteiger partial charge on any atom is -0.483 e. The lowest BCUT2D eigenvalue weighted by atomic mass is 9.98. The van der Waals surface area contributed by atoms with E-state index in [0.29, 0.717) is 32.1 Å². The number of rotatable bonds is 6. The normalized spacial score (nSPS) is 18.7. The van der Waals surface area contributed by atoms with Crippen molar-refractivity contribution in [1.82, 2.24) is 14.7 Å². The van der Waals surface area contributed by atoms with E-state index in [2.05, 4.69) is 0 Å². The Hall–Kier alpha value is -1.67. The number of nitrogens with zero attached hydrogens (tertiary/aromatic N) is 3. The van der Waals surface area contributed by atoms with Gasteiger partial charge in [-0.15, -0.1) is 0 Å². The minimum absolute atomic E-state index is 0.155. The zero-order valence-electron chi connectivity index (χ0n) is 17.5. The highest BCUT2D eigenvalue weighted by atomic mass is 16.5. The standard InChI is InChI=1S/C19H35N3O3.CH2O2/c1-20(14-15-25-2)16-18(23)21-10-7-11-22(13-12-21)19(24)17-8-5-3-4-6-9-17;2-1-3/h17H,3-16H2,1-2H3;1H,(H,2,3). The maximum Gasteiger partial charge on any atom is 0.290 e. The van der Waals surface area contributed by atoms with E-state index in [1.165, 1.54) is 25.7 Å². The van der Waals surface area contributed by atoms with Crippen molar-refractivity contribution in [2.75, 3.05) is 60.0 Å². The number of carbonyl (C=O) groups excluding carboxylic acids is 2. The van der Waals surface area contributed by atoms with Crippen molar-refractivity contribution < 1.29 is 24.2 Å². The quantitative estimate of drug-likeness (QED) is 0.535. The highest BCUT2D eigenvalue weighted by Crippen LogP contribution is 2.25. The number of amides is 2. The second kappa shape index (κ2) is 14.3. The Balaban J connectivity index is 0.00000122. The van der Waals surface area contributed by atoms with E-state index in [0.717, 1.165) is 38.9 Å². The van der Waals surface area contributed by atoms with Gasteiger partial charge < -0.3 is 19.6 Å². The fraction of sp³-hybridized carbons (Fsp3) is 0.850. The van der Waals surface area contributed by atoms with Gasteiger partial charge in [0.15, 0.2) is 0 Å². The van der Waals surface area contributed by atoms with Crippen LogP contribution in [0.2, 0.25) is 0 Å². The van der Waals surface area contributed by atoms with E-state index in [4.69, 9.17) is 14.6 Å². The Morgan fingerprint density at radius 1 is 1.04 bits per heavy atom. The SMILES string of the molecule is COCCN(C)CC(=O)N1CCCN(C(=O)C2CCCCCC2)CC1.O=CO. The summed E-state index contributed by atoms with van der Waals surface area (Å²) < 4.78 is 5.06. The Morgan fingerprint density at radius 2 is 1.61 bits per heavy atom. The van der Waals surface area contributed by atoms with Crippen LogP contribution in [0.5, 0.6) is 0 Å². The summed E-state index contributed by atoms with van der Waals surface area (Å²) in [5.74, 6) is 0.695. The molecule has 1 saturated carbocycles. The summed E-state index contributed by atoms with van der Waals surface area (Å²) in [7, 11) is 3.61. The minimum atomic E-state index is -0.250. The highest BCUT2D eigenvalue weighted by molar-refractivity contribution is 5.80. The fourth-order valence-corrected chi connectivity index (χ4v) is 3.83. The first kappa shape index (κ1) is 24.4. The summed E-state index contributed by atoms with van der Waals surface area (Å²) in [6.45, 7) is 4.44. The third kappa shape index (κ3) is 9.01. The average Bonchev–Trinajstić information content (AvgIpc) is 3.09. The van der Waals surface area contributed by atoms with Gasteiger partial charge in [0.25, 0.3) is 6.47 Å². The summed E-state index contributed by atoms with van der Waals surface area (Å²) in [5.41, 5.74) is 0. The van der Waals surface area contributed by atoms with Gasteiger partial charge in [0.05, 0.1) is 13.2 Å². The van der Waals surface area contributed by atoms with Crippen LogP contribution >= 0.6 is 0 Å². The van der Waals surface area contributed by atoms with Crippen LogP contribution in [0.4, 0.5) is 0 Å². The molecule has 8 heteroatoms. The van der Waals surface area contributed by atoms with E-state index in [9.17, 15) is 9.59 Å².